The molecule has 0 fully saturated rings. The van der Waals surface area contributed by atoms with Gasteiger partial charge in [-0.25, -0.2) is 10.4 Å². The molecular formula is C24H22N6O. The van der Waals surface area contributed by atoms with E-state index in [4.69, 9.17) is 15.9 Å². The molecule has 0 radical (unpaired) electrons. The Morgan fingerprint density at radius 1 is 0.871 bits per heavy atom. The number of benzene rings is 3. The van der Waals surface area contributed by atoms with Crippen LogP contribution in [0.1, 0.15) is 12.5 Å². The maximum absolute atomic E-state index is 6.03. The van der Waals surface area contributed by atoms with Crippen LogP contribution in [-0.2, 0) is 0 Å². The summed E-state index contributed by atoms with van der Waals surface area (Å²) in [5.74, 6) is 0.684. The minimum atomic E-state index is 0.00605. The number of rotatable bonds is 6. The number of nitrogens with two attached hydrogens (primary N) is 2. The van der Waals surface area contributed by atoms with E-state index in [-0.39, 0.29) is 5.96 Å². The zero-order valence-corrected chi connectivity index (χ0v) is 17.0. The molecule has 4 rings (SSSR count). The maximum atomic E-state index is 6.03. The largest absolute Gasteiger partial charge is 0.422 e. The summed E-state index contributed by atoms with van der Waals surface area (Å²) in [7, 11) is 0. The van der Waals surface area contributed by atoms with Crippen molar-refractivity contribution in [3.8, 4) is 22.6 Å². The second-order valence-corrected chi connectivity index (χ2v) is 6.82. The first-order valence-electron chi connectivity index (χ1n) is 9.72. The fourth-order valence-electron chi connectivity index (χ4n) is 3.09. The van der Waals surface area contributed by atoms with Gasteiger partial charge >= 0.3 is 6.01 Å². The molecule has 1 aromatic heterocycles. The van der Waals surface area contributed by atoms with Gasteiger partial charge in [0.15, 0.2) is 11.7 Å². The summed E-state index contributed by atoms with van der Waals surface area (Å²) >= 11 is 0. The zero-order valence-electron chi connectivity index (χ0n) is 17.0. The van der Waals surface area contributed by atoms with Gasteiger partial charge in [-0.3, -0.25) is 0 Å². The van der Waals surface area contributed by atoms with Gasteiger partial charge < -0.3 is 15.9 Å². The normalized spacial score (nSPS) is 11.2. The first-order valence-corrected chi connectivity index (χ1v) is 9.72. The highest BCUT2D eigenvalue weighted by atomic mass is 16.4. The molecule has 0 aliphatic heterocycles. The third kappa shape index (κ3) is 4.79. The number of hydrogen-bond acceptors (Lipinski definition) is 5. The van der Waals surface area contributed by atoms with Gasteiger partial charge in [0.2, 0.25) is 0 Å². The fraction of sp³-hybridized carbons (Fsp3) is 0.0417. The van der Waals surface area contributed by atoms with Crippen LogP contribution in [0.2, 0.25) is 0 Å². The number of nitrogens with zero attached hydrogens (tertiary/aromatic N) is 3. The van der Waals surface area contributed by atoms with Gasteiger partial charge in [0, 0.05) is 11.1 Å². The average molecular weight is 410 g/mol. The second-order valence-electron chi connectivity index (χ2n) is 6.82. The van der Waals surface area contributed by atoms with E-state index in [1.807, 2.05) is 91.9 Å². The quantitative estimate of drug-likeness (QED) is 0.241. The van der Waals surface area contributed by atoms with E-state index in [0.29, 0.717) is 17.5 Å². The highest BCUT2D eigenvalue weighted by Crippen LogP contribution is 2.34. The third-order valence-corrected chi connectivity index (χ3v) is 4.55. The molecule has 0 saturated carbocycles. The van der Waals surface area contributed by atoms with Crippen molar-refractivity contribution in [2.24, 2.45) is 21.6 Å². The van der Waals surface area contributed by atoms with Crippen LogP contribution in [0.4, 0.5) is 11.7 Å². The van der Waals surface area contributed by atoms with E-state index >= 15 is 0 Å². The summed E-state index contributed by atoms with van der Waals surface area (Å²) in [6, 6.07) is 27.5. The van der Waals surface area contributed by atoms with Gasteiger partial charge in [-0.15, -0.1) is 0 Å². The average Bonchev–Trinajstić information content (AvgIpc) is 3.23. The number of oxazole rings is 1. The Kier molecular flexibility index (Phi) is 5.75. The van der Waals surface area contributed by atoms with Gasteiger partial charge in [-0.05, 0) is 24.6 Å². The van der Waals surface area contributed by atoms with Crippen molar-refractivity contribution in [2.75, 3.05) is 5.43 Å². The molecule has 0 aliphatic carbocycles. The van der Waals surface area contributed by atoms with Crippen LogP contribution >= 0.6 is 0 Å². The van der Waals surface area contributed by atoms with Crippen molar-refractivity contribution in [3.05, 3.63) is 90.5 Å². The van der Waals surface area contributed by atoms with Crippen LogP contribution in [0.15, 0.2) is 99.4 Å². The first kappa shape index (κ1) is 19.9. The molecule has 7 heteroatoms. The van der Waals surface area contributed by atoms with E-state index in [0.717, 1.165) is 28.1 Å². The van der Waals surface area contributed by atoms with Crippen molar-refractivity contribution in [3.63, 3.8) is 0 Å². The topological polar surface area (TPSA) is 115 Å². The number of anilines is 1. The molecule has 7 nitrogen and oxygen atoms in total. The molecule has 0 aliphatic rings. The summed E-state index contributed by atoms with van der Waals surface area (Å²) in [4.78, 5) is 8.71. The summed E-state index contributed by atoms with van der Waals surface area (Å²) in [5.41, 5.74) is 18.8. The third-order valence-electron chi connectivity index (χ3n) is 4.55. The Morgan fingerprint density at radius 3 is 2.23 bits per heavy atom. The van der Waals surface area contributed by atoms with Gasteiger partial charge in [-0.2, -0.15) is 10.1 Å². The lowest BCUT2D eigenvalue weighted by Crippen LogP contribution is -2.21. The molecule has 5 N–H and O–H groups in total. The standard InChI is InChI=1S/C24H22N6O/c1-16(19-13-8-14-20(15-19)27-23(25)26)29-30-24-28-21(17-9-4-2-5-10-17)22(31-24)18-11-6-3-7-12-18/h2-15H,1H3,(H,28,30)(H4,25,26,27). The van der Waals surface area contributed by atoms with E-state index in [9.17, 15) is 0 Å². The molecule has 0 saturated heterocycles. The highest BCUT2D eigenvalue weighted by molar-refractivity contribution is 5.99. The molecule has 3 aromatic carbocycles. The molecule has 31 heavy (non-hydrogen) atoms. The molecule has 0 bridgehead atoms. The van der Waals surface area contributed by atoms with E-state index in [1.54, 1.807) is 0 Å². The minimum absolute atomic E-state index is 0.00605. The smallest absolute Gasteiger partial charge is 0.316 e. The second kappa shape index (κ2) is 8.96. The maximum Gasteiger partial charge on any atom is 0.316 e. The Bertz CT molecular complexity index is 1170. The number of guanidine groups is 1. The lowest BCUT2D eigenvalue weighted by atomic mass is 10.1. The Labute approximate surface area is 180 Å². The summed E-state index contributed by atoms with van der Waals surface area (Å²) < 4.78 is 6.03. The van der Waals surface area contributed by atoms with E-state index in [2.05, 4.69) is 20.5 Å². The Balaban J connectivity index is 1.65. The van der Waals surface area contributed by atoms with Crippen molar-refractivity contribution in [2.45, 2.75) is 6.92 Å². The van der Waals surface area contributed by atoms with Crippen LogP contribution in [0.5, 0.6) is 0 Å². The van der Waals surface area contributed by atoms with Crippen LogP contribution in [0, 0.1) is 0 Å². The van der Waals surface area contributed by atoms with Crippen molar-refractivity contribution >= 4 is 23.4 Å². The summed E-state index contributed by atoms with van der Waals surface area (Å²) in [6.45, 7) is 1.88. The Hall–Kier alpha value is -4.39. The van der Waals surface area contributed by atoms with Gasteiger partial charge in [-0.1, -0.05) is 72.8 Å². The SMILES string of the molecule is CC(=NNc1nc(-c2ccccc2)c(-c2ccccc2)o1)c1cccc(N=C(N)N)c1. The number of hydrazone groups is 1. The van der Waals surface area contributed by atoms with Crippen LogP contribution < -0.4 is 16.9 Å². The zero-order chi connectivity index (χ0) is 21.6. The van der Waals surface area contributed by atoms with Crippen LogP contribution in [-0.4, -0.2) is 16.7 Å². The van der Waals surface area contributed by atoms with Crippen LogP contribution in [0.3, 0.4) is 0 Å². The Morgan fingerprint density at radius 2 is 1.55 bits per heavy atom. The molecule has 1 heterocycles. The van der Waals surface area contributed by atoms with E-state index in [1.165, 1.54) is 0 Å². The molecule has 0 amide bonds. The highest BCUT2D eigenvalue weighted by Gasteiger charge is 2.16. The lowest BCUT2D eigenvalue weighted by Gasteiger charge is -2.02. The number of aromatic nitrogens is 1. The predicted molar refractivity (Wildman–Crippen MR) is 125 cm³/mol. The molecule has 0 unspecified atom stereocenters. The minimum Gasteiger partial charge on any atom is -0.422 e. The van der Waals surface area contributed by atoms with Crippen LogP contribution in [0.25, 0.3) is 22.6 Å². The van der Waals surface area contributed by atoms with Gasteiger partial charge in [0.05, 0.1) is 11.4 Å². The summed E-state index contributed by atoms with van der Waals surface area (Å²) in [6.07, 6.45) is 0. The fourth-order valence-corrected chi connectivity index (χ4v) is 3.09. The predicted octanol–water partition coefficient (Wildman–Crippen LogP) is 4.75. The molecule has 154 valence electrons. The monoisotopic (exact) mass is 410 g/mol. The number of nitrogens with one attached hydrogen (secondary N) is 1. The van der Waals surface area contributed by atoms with Crippen molar-refractivity contribution < 1.29 is 4.42 Å². The number of hydrogen-bond donors (Lipinski definition) is 3. The van der Waals surface area contributed by atoms with Gasteiger partial charge in [0.25, 0.3) is 0 Å². The first-order chi connectivity index (χ1) is 15.1. The molecule has 4 aromatic rings. The van der Waals surface area contributed by atoms with E-state index < -0.39 is 0 Å². The molecular weight excluding hydrogens is 388 g/mol. The molecule has 0 atom stereocenters. The van der Waals surface area contributed by atoms with Crippen molar-refractivity contribution in [1.29, 1.82) is 0 Å². The molecule has 0 spiro atoms. The van der Waals surface area contributed by atoms with Crippen molar-refractivity contribution in [1.82, 2.24) is 4.98 Å². The van der Waals surface area contributed by atoms with Gasteiger partial charge in [0.1, 0.15) is 5.69 Å². The summed E-state index contributed by atoms with van der Waals surface area (Å²) in [5, 5.41) is 4.43. The lowest BCUT2D eigenvalue weighted by molar-refractivity contribution is 0.587. The number of aliphatic imine (C=N–C) groups is 1.